The topological polar surface area (TPSA) is 87.4 Å². The predicted octanol–water partition coefficient (Wildman–Crippen LogP) is 1.12. The molecule has 0 bridgehead atoms. The van der Waals surface area contributed by atoms with E-state index in [1.54, 1.807) is 6.07 Å². The van der Waals surface area contributed by atoms with E-state index in [4.69, 9.17) is 15.1 Å². The Morgan fingerprint density at radius 2 is 2.12 bits per heavy atom. The van der Waals surface area contributed by atoms with Gasteiger partial charge in [0.1, 0.15) is 17.7 Å². The number of rotatable bonds is 7. The molecule has 0 aliphatic carbocycles. The van der Waals surface area contributed by atoms with E-state index in [1.807, 2.05) is 6.92 Å². The number of aliphatic hydroxyl groups excluding tert-OH is 1. The van der Waals surface area contributed by atoms with Gasteiger partial charge in [0.05, 0.1) is 6.61 Å². The van der Waals surface area contributed by atoms with Gasteiger partial charge in [-0.25, -0.2) is 4.79 Å². The van der Waals surface area contributed by atoms with Crippen LogP contribution in [0.1, 0.15) is 33.1 Å². The zero-order valence-electron chi connectivity index (χ0n) is 10.1. The molecular formula is C12H17NO4. The third-order valence-corrected chi connectivity index (χ3v) is 2.02. The highest BCUT2D eigenvalue weighted by molar-refractivity contribution is 6.03. The van der Waals surface area contributed by atoms with Crippen LogP contribution in [-0.4, -0.2) is 29.6 Å². The van der Waals surface area contributed by atoms with Crippen molar-refractivity contribution in [1.82, 2.24) is 0 Å². The smallest absolute Gasteiger partial charge is 0.349 e. The molecule has 94 valence electrons. The number of hydrogen-bond donors (Lipinski definition) is 1. The molecule has 0 saturated heterocycles. The van der Waals surface area contributed by atoms with Crippen LogP contribution in [0.4, 0.5) is 0 Å². The molecule has 0 heterocycles. The van der Waals surface area contributed by atoms with Crippen molar-refractivity contribution in [3.8, 4) is 6.07 Å². The monoisotopic (exact) mass is 239 g/mol. The molecule has 0 aromatic rings. The Labute approximate surface area is 101 Å². The van der Waals surface area contributed by atoms with E-state index < -0.39 is 17.9 Å². The van der Waals surface area contributed by atoms with E-state index in [1.165, 1.54) is 6.92 Å². The van der Waals surface area contributed by atoms with Crippen LogP contribution in [0.3, 0.4) is 0 Å². The van der Waals surface area contributed by atoms with Crippen molar-refractivity contribution in [2.45, 2.75) is 39.2 Å². The average molecular weight is 239 g/mol. The van der Waals surface area contributed by atoms with Crippen molar-refractivity contribution < 1.29 is 19.4 Å². The minimum atomic E-state index is -1.23. The predicted molar refractivity (Wildman–Crippen MR) is 60.9 cm³/mol. The van der Waals surface area contributed by atoms with Crippen molar-refractivity contribution in [1.29, 1.82) is 5.26 Å². The standard InChI is InChI=1S/C12H17NO4/c1-3-4-5-6-17-12(16)10(8-13)7-11(15)9(2)14/h7,9,14H,3-6H2,1-2H3/b10-7+. The summed E-state index contributed by atoms with van der Waals surface area (Å²) in [6.45, 7) is 3.51. The molecule has 0 fully saturated rings. The number of unbranched alkanes of at least 4 members (excludes halogenated alkanes) is 2. The molecule has 0 rings (SSSR count). The zero-order chi connectivity index (χ0) is 13.3. The second kappa shape index (κ2) is 8.48. The van der Waals surface area contributed by atoms with Crippen LogP contribution in [-0.2, 0) is 14.3 Å². The second-order valence-electron chi connectivity index (χ2n) is 3.59. The van der Waals surface area contributed by atoms with Gasteiger partial charge in [0.25, 0.3) is 0 Å². The number of nitriles is 1. The lowest BCUT2D eigenvalue weighted by Gasteiger charge is -2.03. The van der Waals surface area contributed by atoms with Gasteiger partial charge in [-0.2, -0.15) is 5.26 Å². The Hall–Kier alpha value is -1.67. The normalized spacial score (nSPS) is 12.7. The molecule has 0 amide bonds. The molecule has 1 unspecified atom stereocenters. The summed E-state index contributed by atoms with van der Waals surface area (Å²) < 4.78 is 4.81. The van der Waals surface area contributed by atoms with Gasteiger partial charge < -0.3 is 9.84 Å². The first-order chi connectivity index (χ1) is 8.02. The van der Waals surface area contributed by atoms with Gasteiger partial charge in [-0.05, 0) is 13.3 Å². The van der Waals surface area contributed by atoms with Crippen LogP contribution in [0, 0.1) is 11.3 Å². The maximum atomic E-state index is 11.3. The highest BCUT2D eigenvalue weighted by atomic mass is 16.5. The number of ether oxygens (including phenoxy) is 1. The summed E-state index contributed by atoms with van der Waals surface area (Å²) in [6, 6.07) is 1.58. The first kappa shape index (κ1) is 15.3. The maximum absolute atomic E-state index is 11.3. The van der Waals surface area contributed by atoms with E-state index in [9.17, 15) is 9.59 Å². The van der Waals surface area contributed by atoms with Crippen molar-refractivity contribution in [3.63, 3.8) is 0 Å². The summed E-state index contributed by atoms with van der Waals surface area (Å²) >= 11 is 0. The minimum Gasteiger partial charge on any atom is -0.462 e. The Balaban J connectivity index is 4.33. The molecular weight excluding hydrogens is 222 g/mol. The van der Waals surface area contributed by atoms with Crippen LogP contribution in [0.2, 0.25) is 0 Å². The van der Waals surface area contributed by atoms with Gasteiger partial charge in [0, 0.05) is 6.08 Å². The Morgan fingerprint density at radius 1 is 1.47 bits per heavy atom. The fourth-order valence-corrected chi connectivity index (χ4v) is 0.994. The summed E-state index contributed by atoms with van der Waals surface area (Å²) in [4.78, 5) is 22.5. The molecule has 0 radical (unpaired) electrons. The molecule has 5 heteroatoms. The zero-order valence-corrected chi connectivity index (χ0v) is 10.1. The lowest BCUT2D eigenvalue weighted by atomic mass is 10.2. The third-order valence-electron chi connectivity index (χ3n) is 2.02. The molecule has 5 nitrogen and oxygen atoms in total. The quantitative estimate of drug-likeness (QED) is 0.311. The summed E-state index contributed by atoms with van der Waals surface area (Å²) in [5, 5.41) is 17.6. The molecule has 0 spiro atoms. The maximum Gasteiger partial charge on any atom is 0.349 e. The summed E-state index contributed by atoms with van der Waals surface area (Å²) in [5.74, 6) is -1.51. The Morgan fingerprint density at radius 3 is 2.59 bits per heavy atom. The largest absolute Gasteiger partial charge is 0.462 e. The van der Waals surface area contributed by atoms with Crippen LogP contribution in [0.15, 0.2) is 11.6 Å². The van der Waals surface area contributed by atoms with Crippen molar-refractivity contribution in [3.05, 3.63) is 11.6 Å². The lowest BCUT2D eigenvalue weighted by molar-refractivity contribution is -0.139. The lowest BCUT2D eigenvalue weighted by Crippen LogP contribution is -2.16. The molecule has 0 aromatic heterocycles. The molecule has 1 atom stereocenters. The average Bonchev–Trinajstić information content (AvgIpc) is 2.30. The van der Waals surface area contributed by atoms with Gasteiger partial charge >= 0.3 is 5.97 Å². The molecule has 1 N–H and O–H groups in total. The molecule has 0 aliphatic heterocycles. The molecule has 0 saturated carbocycles. The summed E-state index contributed by atoms with van der Waals surface area (Å²) in [6.07, 6.45) is 2.24. The molecule has 17 heavy (non-hydrogen) atoms. The fraction of sp³-hybridized carbons (Fsp3) is 0.583. The summed E-state index contributed by atoms with van der Waals surface area (Å²) in [7, 11) is 0. The van der Waals surface area contributed by atoms with Gasteiger partial charge in [-0.3, -0.25) is 4.79 Å². The number of nitrogens with zero attached hydrogens (tertiary/aromatic N) is 1. The van der Waals surface area contributed by atoms with Crippen LogP contribution >= 0.6 is 0 Å². The van der Waals surface area contributed by atoms with Crippen molar-refractivity contribution >= 4 is 11.8 Å². The first-order valence-electron chi connectivity index (χ1n) is 5.53. The van der Waals surface area contributed by atoms with E-state index >= 15 is 0 Å². The minimum absolute atomic E-state index is 0.231. The van der Waals surface area contributed by atoms with E-state index in [2.05, 4.69) is 0 Å². The number of carbonyl (C=O) groups is 2. The molecule has 0 aliphatic rings. The van der Waals surface area contributed by atoms with Crippen LogP contribution in [0.5, 0.6) is 0 Å². The second-order valence-corrected chi connectivity index (χ2v) is 3.59. The Bertz CT molecular complexity index is 339. The Kier molecular flexibility index (Phi) is 7.65. The van der Waals surface area contributed by atoms with Gasteiger partial charge in [0.2, 0.25) is 0 Å². The van der Waals surface area contributed by atoms with E-state index in [0.717, 1.165) is 25.3 Å². The fourth-order valence-electron chi connectivity index (χ4n) is 0.994. The van der Waals surface area contributed by atoms with Gasteiger partial charge in [-0.1, -0.05) is 19.8 Å². The van der Waals surface area contributed by atoms with Crippen LogP contribution in [0.25, 0.3) is 0 Å². The van der Waals surface area contributed by atoms with Gasteiger partial charge in [-0.15, -0.1) is 0 Å². The number of esters is 1. The first-order valence-corrected chi connectivity index (χ1v) is 5.53. The van der Waals surface area contributed by atoms with Crippen molar-refractivity contribution in [2.24, 2.45) is 0 Å². The number of hydrogen-bond acceptors (Lipinski definition) is 5. The number of ketones is 1. The molecule has 0 aromatic carbocycles. The number of carbonyl (C=O) groups excluding carboxylic acids is 2. The third kappa shape index (κ3) is 6.48. The van der Waals surface area contributed by atoms with E-state index in [0.29, 0.717) is 0 Å². The summed E-state index contributed by atoms with van der Waals surface area (Å²) in [5.41, 5.74) is -0.382. The van der Waals surface area contributed by atoms with Crippen LogP contribution < -0.4 is 0 Å². The number of aliphatic hydroxyl groups is 1. The highest BCUT2D eigenvalue weighted by Gasteiger charge is 2.14. The van der Waals surface area contributed by atoms with Gasteiger partial charge in [0.15, 0.2) is 5.78 Å². The highest BCUT2D eigenvalue weighted by Crippen LogP contribution is 2.01. The SMILES string of the molecule is CCCCCOC(=O)/C(C#N)=C/C(=O)C(C)O. The van der Waals surface area contributed by atoms with E-state index in [-0.39, 0.29) is 12.2 Å². The van der Waals surface area contributed by atoms with Crippen molar-refractivity contribution in [2.75, 3.05) is 6.61 Å².